The Balaban J connectivity index is 1.56. The molecule has 0 unspecified atom stereocenters. The van der Waals surface area contributed by atoms with Crippen molar-refractivity contribution >= 4 is 41.1 Å². The van der Waals surface area contributed by atoms with Crippen molar-refractivity contribution < 1.29 is 23.9 Å². The minimum absolute atomic E-state index is 0.0547. The lowest BCUT2D eigenvalue weighted by molar-refractivity contribution is -0.157. The smallest absolute Gasteiger partial charge is 0.311 e. The number of ether oxygens (including phenoxy) is 1. The third-order valence-electron chi connectivity index (χ3n) is 4.54. The van der Waals surface area contributed by atoms with Gasteiger partial charge in [0, 0.05) is 36.5 Å². The zero-order valence-corrected chi connectivity index (χ0v) is 15.3. The number of esters is 1. The maximum Gasteiger partial charge on any atom is 0.311 e. The van der Waals surface area contributed by atoms with Crippen LogP contribution in [0.1, 0.15) is 19.3 Å². The summed E-state index contributed by atoms with van der Waals surface area (Å²) in [5, 5.41) is 0. The molecule has 2 aliphatic rings. The molecular weight excluding hydrogens is 356 g/mol. The highest BCUT2D eigenvalue weighted by atomic mass is 32.2. The van der Waals surface area contributed by atoms with Gasteiger partial charge in [-0.25, -0.2) is 0 Å². The van der Waals surface area contributed by atoms with Crippen molar-refractivity contribution in [2.24, 2.45) is 5.92 Å². The number of amides is 3. The molecule has 3 amide bonds. The second-order valence-electron chi connectivity index (χ2n) is 6.26. The largest absolute Gasteiger partial charge is 0.455 e. The molecule has 2 aliphatic heterocycles. The van der Waals surface area contributed by atoms with E-state index >= 15 is 0 Å². The van der Waals surface area contributed by atoms with Crippen LogP contribution in [-0.4, -0.2) is 54.5 Å². The Morgan fingerprint density at radius 1 is 1.27 bits per heavy atom. The molecule has 1 atom stereocenters. The van der Waals surface area contributed by atoms with Crippen LogP contribution in [-0.2, 0) is 23.9 Å². The van der Waals surface area contributed by atoms with Crippen LogP contribution in [0.4, 0.5) is 5.69 Å². The Morgan fingerprint density at radius 3 is 2.77 bits per heavy atom. The average Bonchev–Trinajstić information content (AvgIpc) is 3.25. The lowest BCUT2D eigenvalue weighted by Gasteiger charge is -2.17. The van der Waals surface area contributed by atoms with Crippen LogP contribution in [0.5, 0.6) is 0 Å². The van der Waals surface area contributed by atoms with Gasteiger partial charge in [0.15, 0.2) is 6.61 Å². The molecule has 7 nitrogen and oxygen atoms in total. The van der Waals surface area contributed by atoms with Crippen molar-refractivity contribution in [2.45, 2.75) is 24.2 Å². The predicted molar refractivity (Wildman–Crippen MR) is 95.6 cm³/mol. The molecule has 138 valence electrons. The molecule has 0 saturated carbocycles. The van der Waals surface area contributed by atoms with Crippen molar-refractivity contribution in [3.05, 3.63) is 24.3 Å². The Bertz CT molecular complexity index is 751. The topological polar surface area (TPSA) is 84.0 Å². The van der Waals surface area contributed by atoms with Crippen molar-refractivity contribution in [2.75, 3.05) is 30.9 Å². The summed E-state index contributed by atoms with van der Waals surface area (Å²) >= 11 is 1.57. The number of anilines is 1. The van der Waals surface area contributed by atoms with E-state index in [0.717, 1.165) is 15.5 Å². The van der Waals surface area contributed by atoms with E-state index in [2.05, 4.69) is 0 Å². The SMILES string of the molecule is CSc1cccc(N2C[C@@H](C(=O)OCC(=O)N3CCCC3=O)CC2=O)c1. The van der Waals surface area contributed by atoms with E-state index in [1.54, 1.807) is 16.7 Å². The van der Waals surface area contributed by atoms with Crippen LogP contribution in [0.2, 0.25) is 0 Å². The molecule has 0 N–H and O–H groups in total. The minimum atomic E-state index is -0.609. The van der Waals surface area contributed by atoms with Gasteiger partial charge in [-0.15, -0.1) is 11.8 Å². The standard InChI is InChI=1S/C18H20N2O5S/c1-26-14-5-2-4-13(9-14)20-10-12(8-16(20)22)18(24)25-11-17(23)19-7-3-6-15(19)21/h2,4-5,9,12H,3,6-8,10-11H2,1H3/t12-/m0/s1. The lowest BCUT2D eigenvalue weighted by Crippen LogP contribution is -2.36. The first kappa shape index (κ1) is 18.4. The number of likely N-dealkylation sites (tertiary alicyclic amines) is 1. The van der Waals surface area contributed by atoms with Crippen LogP contribution in [0, 0.1) is 5.92 Å². The number of thioether (sulfide) groups is 1. The number of hydrogen-bond acceptors (Lipinski definition) is 6. The summed E-state index contributed by atoms with van der Waals surface area (Å²) in [6.45, 7) is 0.139. The van der Waals surface area contributed by atoms with Gasteiger partial charge < -0.3 is 9.64 Å². The summed E-state index contributed by atoms with van der Waals surface area (Å²) in [6, 6.07) is 7.55. The molecule has 2 fully saturated rings. The summed E-state index contributed by atoms with van der Waals surface area (Å²) in [5.41, 5.74) is 0.746. The molecule has 2 saturated heterocycles. The molecule has 0 bridgehead atoms. The van der Waals surface area contributed by atoms with Gasteiger partial charge in [0.1, 0.15) is 0 Å². The monoisotopic (exact) mass is 376 g/mol. The van der Waals surface area contributed by atoms with Crippen molar-refractivity contribution in [1.82, 2.24) is 4.90 Å². The van der Waals surface area contributed by atoms with Crippen molar-refractivity contribution in [3.8, 4) is 0 Å². The highest BCUT2D eigenvalue weighted by Crippen LogP contribution is 2.28. The summed E-state index contributed by atoms with van der Waals surface area (Å²) in [6.07, 6.45) is 2.99. The summed E-state index contributed by atoms with van der Waals surface area (Å²) in [7, 11) is 0. The fourth-order valence-corrected chi connectivity index (χ4v) is 3.59. The zero-order valence-electron chi connectivity index (χ0n) is 14.5. The van der Waals surface area contributed by atoms with Gasteiger partial charge in [-0.05, 0) is 30.9 Å². The van der Waals surface area contributed by atoms with Gasteiger partial charge in [-0.2, -0.15) is 0 Å². The predicted octanol–water partition coefficient (Wildman–Crippen LogP) is 1.45. The Kier molecular flexibility index (Phi) is 5.61. The molecule has 1 aromatic rings. The molecule has 8 heteroatoms. The second-order valence-corrected chi connectivity index (χ2v) is 7.14. The first-order chi connectivity index (χ1) is 12.5. The summed E-state index contributed by atoms with van der Waals surface area (Å²) in [4.78, 5) is 51.7. The number of carbonyl (C=O) groups excluding carboxylic acids is 4. The van der Waals surface area contributed by atoms with Crippen molar-refractivity contribution in [3.63, 3.8) is 0 Å². The Morgan fingerprint density at radius 2 is 2.08 bits per heavy atom. The number of nitrogens with zero attached hydrogens (tertiary/aromatic N) is 2. The van der Waals surface area contributed by atoms with E-state index in [0.29, 0.717) is 19.4 Å². The highest BCUT2D eigenvalue weighted by Gasteiger charge is 2.37. The molecule has 0 aliphatic carbocycles. The van der Waals surface area contributed by atoms with Gasteiger partial charge in [0.05, 0.1) is 5.92 Å². The first-order valence-electron chi connectivity index (χ1n) is 8.44. The maximum atomic E-state index is 12.3. The molecule has 2 heterocycles. The van der Waals surface area contributed by atoms with Crippen LogP contribution >= 0.6 is 11.8 Å². The fourth-order valence-electron chi connectivity index (χ4n) is 3.13. The third kappa shape index (κ3) is 3.90. The second kappa shape index (κ2) is 7.90. The van der Waals surface area contributed by atoms with Gasteiger partial charge in [0.2, 0.25) is 11.8 Å². The van der Waals surface area contributed by atoms with E-state index in [4.69, 9.17) is 4.74 Å². The summed E-state index contributed by atoms with van der Waals surface area (Å²) in [5.74, 6) is -2.08. The van der Waals surface area contributed by atoms with E-state index in [9.17, 15) is 19.2 Å². The molecule has 0 aromatic heterocycles. The third-order valence-corrected chi connectivity index (χ3v) is 5.26. The number of hydrogen-bond donors (Lipinski definition) is 0. The van der Waals surface area contributed by atoms with Crippen LogP contribution in [0.3, 0.4) is 0 Å². The fraction of sp³-hybridized carbons (Fsp3) is 0.444. The van der Waals surface area contributed by atoms with Crippen LogP contribution in [0.25, 0.3) is 0 Å². The van der Waals surface area contributed by atoms with Gasteiger partial charge in [-0.1, -0.05) is 6.07 Å². The number of rotatable bonds is 5. The van der Waals surface area contributed by atoms with Crippen LogP contribution < -0.4 is 4.90 Å². The minimum Gasteiger partial charge on any atom is -0.455 e. The number of benzene rings is 1. The zero-order chi connectivity index (χ0) is 18.7. The van der Waals surface area contributed by atoms with Gasteiger partial charge >= 0.3 is 5.97 Å². The normalized spacial score (nSPS) is 20.0. The van der Waals surface area contributed by atoms with E-state index in [-0.39, 0.29) is 24.8 Å². The van der Waals surface area contributed by atoms with E-state index in [1.807, 2.05) is 30.5 Å². The number of carbonyl (C=O) groups is 4. The summed E-state index contributed by atoms with van der Waals surface area (Å²) < 4.78 is 5.06. The van der Waals surface area contributed by atoms with E-state index in [1.165, 1.54) is 0 Å². The molecule has 0 spiro atoms. The molecule has 1 aromatic carbocycles. The number of imide groups is 1. The maximum absolute atomic E-state index is 12.3. The molecular formula is C18H20N2O5S. The average molecular weight is 376 g/mol. The Hall–Kier alpha value is -2.35. The molecule has 3 rings (SSSR count). The highest BCUT2D eigenvalue weighted by molar-refractivity contribution is 7.98. The quantitative estimate of drug-likeness (QED) is 0.571. The van der Waals surface area contributed by atoms with Gasteiger partial charge in [0.25, 0.3) is 5.91 Å². The van der Waals surface area contributed by atoms with Gasteiger partial charge in [-0.3, -0.25) is 24.1 Å². The van der Waals surface area contributed by atoms with Crippen LogP contribution in [0.15, 0.2) is 29.2 Å². The first-order valence-corrected chi connectivity index (χ1v) is 9.66. The van der Waals surface area contributed by atoms with E-state index < -0.39 is 24.4 Å². The lowest BCUT2D eigenvalue weighted by atomic mass is 10.1. The van der Waals surface area contributed by atoms with Crippen molar-refractivity contribution in [1.29, 1.82) is 0 Å². The Labute approximate surface area is 155 Å². The molecule has 0 radical (unpaired) electrons. The molecule has 26 heavy (non-hydrogen) atoms.